The molecule has 2 aromatic rings. The second-order valence-electron chi connectivity index (χ2n) is 5.83. The standard InChI is InChI=1S/C18H22N2O4S/c1-2-23-15-3-5-16(6-4-15)24-12-11-20-10-9-14-13-17(25(19,21)22)7-8-18(14)20/h3-8,13H,2,9-12H2,1H3,(H2,19,21,22). The molecule has 1 aliphatic heterocycles. The van der Waals surface area contributed by atoms with E-state index in [0.29, 0.717) is 13.2 Å². The summed E-state index contributed by atoms with van der Waals surface area (Å²) in [6.07, 6.45) is 0.807. The first kappa shape index (κ1) is 17.6. The molecule has 6 nitrogen and oxygen atoms in total. The fourth-order valence-electron chi connectivity index (χ4n) is 2.93. The highest BCUT2D eigenvalue weighted by molar-refractivity contribution is 7.89. The zero-order valence-electron chi connectivity index (χ0n) is 14.1. The van der Waals surface area contributed by atoms with Gasteiger partial charge in [-0.1, -0.05) is 0 Å². The molecule has 0 atom stereocenters. The zero-order valence-corrected chi connectivity index (χ0v) is 15.0. The van der Waals surface area contributed by atoms with Gasteiger partial charge < -0.3 is 14.4 Å². The van der Waals surface area contributed by atoms with E-state index in [2.05, 4.69) is 4.90 Å². The SMILES string of the molecule is CCOc1ccc(OCCN2CCc3cc(S(N)(=O)=O)ccc32)cc1. The van der Waals surface area contributed by atoms with Crippen LogP contribution in [0.2, 0.25) is 0 Å². The minimum Gasteiger partial charge on any atom is -0.494 e. The third-order valence-electron chi connectivity index (χ3n) is 4.14. The van der Waals surface area contributed by atoms with Crippen LogP contribution in [-0.4, -0.2) is 34.7 Å². The maximum absolute atomic E-state index is 11.4. The molecule has 0 spiro atoms. The molecule has 0 unspecified atom stereocenters. The summed E-state index contributed by atoms with van der Waals surface area (Å²) in [4.78, 5) is 2.36. The Balaban J connectivity index is 1.57. The van der Waals surface area contributed by atoms with Crippen molar-refractivity contribution in [2.75, 3.05) is 31.2 Å². The van der Waals surface area contributed by atoms with Crippen LogP contribution in [0.3, 0.4) is 0 Å². The van der Waals surface area contributed by atoms with Gasteiger partial charge in [0.05, 0.1) is 18.0 Å². The van der Waals surface area contributed by atoms with E-state index in [4.69, 9.17) is 14.6 Å². The van der Waals surface area contributed by atoms with E-state index in [9.17, 15) is 8.42 Å². The monoisotopic (exact) mass is 362 g/mol. The fraction of sp³-hybridized carbons (Fsp3) is 0.333. The lowest BCUT2D eigenvalue weighted by atomic mass is 10.2. The third-order valence-corrected chi connectivity index (χ3v) is 5.05. The van der Waals surface area contributed by atoms with Gasteiger partial charge in [-0.15, -0.1) is 0 Å². The Morgan fingerprint density at radius 1 is 1.08 bits per heavy atom. The average Bonchev–Trinajstić information content (AvgIpc) is 2.98. The Bertz CT molecular complexity index is 835. The summed E-state index contributed by atoms with van der Waals surface area (Å²) >= 11 is 0. The van der Waals surface area contributed by atoms with E-state index in [1.54, 1.807) is 12.1 Å². The van der Waals surface area contributed by atoms with Gasteiger partial charge in [-0.05, 0) is 61.4 Å². The van der Waals surface area contributed by atoms with Gasteiger partial charge in [-0.3, -0.25) is 0 Å². The van der Waals surface area contributed by atoms with Gasteiger partial charge in [-0.25, -0.2) is 13.6 Å². The van der Waals surface area contributed by atoms with Crippen molar-refractivity contribution in [2.45, 2.75) is 18.2 Å². The summed E-state index contributed by atoms with van der Waals surface area (Å²) in [7, 11) is -3.66. The largest absolute Gasteiger partial charge is 0.494 e. The number of nitrogens with zero attached hydrogens (tertiary/aromatic N) is 1. The second-order valence-corrected chi connectivity index (χ2v) is 7.39. The molecular weight excluding hydrogens is 340 g/mol. The summed E-state index contributed by atoms with van der Waals surface area (Å²) in [6, 6.07) is 12.6. The first-order chi connectivity index (χ1) is 12.0. The maximum Gasteiger partial charge on any atom is 0.238 e. The molecule has 0 fully saturated rings. The summed E-state index contributed by atoms with van der Waals surface area (Å²) in [5.74, 6) is 1.63. The Morgan fingerprint density at radius 3 is 2.40 bits per heavy atom. The van der Waals surface area contributed by atoms with Gasteiger partial charge in [-0.2, -0.15) is 0 Å². The summed E-state index contributed by atoms with van der Waals surface area (Å²) in [5.41, 5.74) is 2.05. The lowest BCUT2D eigenvalue weighted by molar-refractivity contribution is 0.320. The van der Waals surface area contributed by atoms with Gasteiger partial charge in [0.1, 0.15) is 18.1 Å². The molecule has 2 aromatic carbocycles. The summed E-state index contributed by atoms with van der Waals surface area (Å²) in [5, 5.41) is 5.19. The quantitative estimate of drug-likeness (QED) is 0.816. The van der Waals surface area contributed by atoms with Crippen molar-refractivity contribution in [2.24, 2.45) is 5.14 Å². The minimum absolute atomic E-state index is 0.165. The molecule has 0 saturated heterocycles. The van der Waals surface area contributed by atoms with Crippen molar-refractivity contribution in [3.05, 3.63) is 48.0 Å². The number of primary sulfonamides is 1. The summed E-state index contributed by atoms with van der Waals surface area (Å²) in [6.45, 7) is 4.71. The van der Waals surface area contributed by atoms with Gasteiger partial charge in [0.2, 0.25) is 10.0 Å². The van der Waals surface area contributed by atoms with E-state index in [1.165, 1.54) is 0 Å². The Morgan fingerprint density at radius 2 is 1.76 bits per heavy atom. The van der Waals surface area contributed by atoms with E-state index in [0.717, 1.165) is 42.3 Å². The van der Waals surface area contributed by atoms with Crippen LogP contribution in [0.4, 0.5) is 5.69 Å². The fourth-order valence-corrected chi connectivity index (χ4v) is 3.49. The zero-order chi connectivity index (χ0) is 17.9. The Labute approximate surface area is 148 Å². The van der Waals surface area contributed by atoms with Crippen LogP contribution in [0, 0.1) is 0 Å². The molecule has 7 heteroatoms. The maximum atomic E-state index is 11.4. The lowest BCUT2D eigenvalue weighted by Crippen LogP contribution is -2.26. The van der Waals surface area contributed by atoms with Crippen molar-refractivity contribution >= 4 is 15.7 Å². The van der Waals surface area contributed by atoms with Crippen LogP contribution >= 0.6 is 0 Å². The smallest absolute Gasteiger partial charge is 0.238 e. The Hall–Kier alpha value is -2.25. The number of ether oxygens (including phenoxy) is 2. The predicted octanol–water partition coefficient (Wildman–Crippen LogP) is 2.17. The van der Waals surface area contributed by atoms with Crippen molar-refractivity contribution in [3.63, 3.8) is 0 Å². The van der Waals surface area contributed by atoms with E-state index < -0.39 is 10.0 Å². The number of hydrogen-bond acceptors (Lipinski definition) is 5. The van der Waals surface area contributed by atoms with E-state index in [-0.39, 0.29) is 4.90 Å². The van der Waals surface area contributed by atoms with Crippen LogP contribution in [0.25, 0.3) is 0 Å². The molecule has 0 bridgehead atoms. The van der Waals surface area contributed by atoms with Crippen molar-refractivity contribution in [3.8, 4) is 11.5 Å². The molecule has 0 amide bonds. The van der Waals surface area contributed by atoms with Gasteiger partial charge in [0.25, 0.3) is 0 Å². The molecule has 0 aliphatic carbocycles. The molecule has 1 aliphatic rings. The normalized spacial score (nSPS) is 13.6. The molecule has 2 N–H and O–H groups in total. The molecule has 0 radical (unpaired) electrons. The highest BCUT2D eigenvalue weighted by Gasteiger charge is 2.21. The number of fused-ring (bicyclic) bond motifs is 1. The molecular formula is C18H22N2O4S. The number of benzene rings is 2. The van der Waals surface area contributed by atoms with Crippen molar-refractivity contribution in [1.82, 2.24) is 0 Å². The third kappa shape index (κ3) is 4.24. The van der Waals surface area contributed by atoms with Crippen molar-refractivity contribution < 1.29 is 17.9 Å². The van der Waals surface area contributed by atoms with E-state index >= 15 is 0 Å². The van der Waals surface area contributed by atoms with Crippen LogP contribution in [-0.2, 0) is 16.4 Å². The Kier molecular flexibility index (Phi) is 5.15. The van der Waals surface area contributed by atoms with Crippen LogP contribution in [0.15, 0.2) is 47.4 Å². The molecule has 25 heavy (non-hydrogen) atoms. The molecule has 0 saturated carbocycles. The van der Waals surface area contributed by atoms with Crippen LogP contribution < -0.4 is 19.5 Å². The van der Waals surface area contributed by atoms with Gasteiger partial charge in [0.15, 0.2) is 0 Å². The predicted molar refractivity (Wildman–Crippen MR) is 96.8 cm³/mol. The second kappa shape index (κ2) is 7.33. The number of nitrogens with two attached hydrogens (primary N) is 1. The first-order valence-electron chi connectivity index (χ1n) is 8.23. The average molecular weight is 362 g/mol. The number of anilines is 1. The van der Waals surface area contributed by atoms with E-state index in [1.807, 2.05) is 37.3 Å². The number of hydrogen-bond donors (Lipinski definition) is 1. The van der Waals surface area contributed by atoms with Crippen LogP contribution in [0.1, 0.15) is 12.5 Å². The lowest BCUT2D eigenvalue weighted by Gasteiger charge is -2.19. The molecule has 3 rings (SSSR count). The summed E-state index contributed by atoms with van der Waals surface area (Å²) < 4.78 is 34.1. The molecule has 1 heterocycles. The number of sulfonamides is 1. The van der Waals surface area contributed by atoms with Crippen LogP contribution in [0.5, 0.6) is 11.5 Å². The topological polar surface area (TPSA) is 81.9 Å². The molecule has 0 aromatic heterocycles. The van der Waals surface area contributed by atoms with Gasteiger partial charge in [0, 0.05) is 12.2 Å². The number of rotatable bonds is 7. The highest BCUT2D eigenvalue weighted by Crippen LogP contribution is 2.29. The minimum atomic E-state index is -3.66. The van der Waals surface area contributed by atoms with Crippen molar-refractivity contribution in [1.29, 1.82) is 0 Å². The van der Waals surface area contributed by atoms with Gasteiger partial charge >= 0.3 is 0 Å². The highest BCUT2D eigenvalue weighted by atomic mass is 32.2. The first-order valence-corrected chi connectivity index (χ1v) is 9.78. The molecule has 134 valence electrons.